The molecule has 2 heterocycles. The average molecular weight is 262 g/mol. The summed E-state index contributed by atoms with van der Waals surface area (Å²) in [4.78, 5) is 5.81. The molecule has 0 spiro atoms. The molecule has 0 bridgehead atoms. The lowest BCUT2D eigenvalue weighted by molar-refractivity contribution is 0.0793. The molecule has 0 aromatic carbocycles. The summed E-state index contributed by atoms with van der Waals surface area (Å²) in [5.74, 6) is 0.524. The van der Waals surface area contributed by atoms with Crippen LogP contribution in [0.25, 0.3) is 0 Å². The summed E-state index contributed by atoms with van der Waals surface area (Å²) >= 11 is 5.13. The first-order valence-corrected chi connectivity index (χ1v) is 6.09. The Morgan fingerprint density at radius 3 is 3.00 bits per heavy atom. The highest BCUT2D eigenvalue weighted by Gasteiger charge is 2.20. The fourth-order valence-corrected chi connectivity index (χ4v) is 3.34. The Morgan fingerprint density at radius 1 is 1.62 bits per heavy atom. The maximum Gasteiger partial charge on any atom is 0.159 e. The van der Waals surface area contributed by atoms with Crippen molar-refractivity contribution in [2.45, 2.75) is 25.7 Å². The lowest BCUT2D eigenvalue weighted by Gasteiger charge is -2.20. The molecule has 4 heteroatoms. The van der Waals surface area contributed by atoms with Gasteiger partial charge in [-0.3, -0.25) is 0 Å². The molecule has 1 saturated heterocycles. The van der Waals surface area contributed by atoms with Crippen molar-refractivity contribution in [1.82, 2.24) is 4.98 Å². The second kappa shape index (κ2) is 4.07. The van der Waals surface area contributed by atoms with Gasteiger partial charge in [0.05, 0.1) is 12.3 Å². The zero-order valence-corrected chi connectivity index (χ0v) is 9.95. The lowest BCUT2D eigenvalue weighted by Crippen LogP contribution is -2.16. The van der Waals surface area contributed by atoms with Gasteiger partial charge in [0, 0.05) is 17.4 Å². The molecule has 0 aliphatic carbocycles. The smallest absolute Gasteiger partial charge is 0.159 e. The Kier molecular flexibility index (Phi) is 3.01. The van der Waals surface area contributed by atoms with E-state index >= 15 is 0 Å². The molecule has 0 saturated carbocycles. The van der Waals surface area contributed by atoms with Gasteiger partial charge >= 0.3 is 0 Å². The van der Waals surface area contributed by atoms with Gasteiger partial charge in [0.1, 0.15) is 0 Å². The summed E-state index contributed by atoms with van der Waals surface area (Å²) < 4.78 is 6.44. The van der Waals surface area contributed by atoms with Crippen LogP contribution in [0.1, 0.15) is 29.3 Å². The summed E-state index contributed by atoms with van der Waals surface area (Å²) in [5, 5.41) is 0. The maximum absolute atomic E-state index is 5.45. The first-order chi connectivity index (χ1) is 6.27. The molecule has 1 aromatic rings. The molecule has 0 amide bonds. The highest BCUT2D eigenvalue weighted by Crippen LogP contribution is 2.32. The quantitative estimate of drug-likeness (QED) is 0.775. The Labute approximate surface area is 90.5 Å². The van der Waals surface area contributed by atoms with Crippen molar-refractivity contribution >= 4 is 27.3 Å². The van der Waals surface area contributed by atoms with Crippen molar-refractivity contribution in [2.75, 3.05) is 13.2 Å². The normalized spacial score (nSPS) is 23.4. The summed E-state index contributed by atoms with van der Waals surface area (Å²) in [5.41, 5.74) is 1.23. The molecule has 2 nitrogen and oxygen atoms in total. The molecule has 1 atom stereocenters. The number of halogens is 1. The standard InChI is InChI=1S/C9H12BrNOS/c1-6-8(11-9(10)13-6)7-3-2-4-12-5-7/h7H,2-5H2,1H3. The van der Waals surface area contributed by atoms with Crippen LogP contribution >= 0.6 is 27.3 Å². The number of thiazole rings is 1. The zero-order chi connectivity index (χ0) is 9.26. The van der Waals surface area contributed by atoms with Gasteiger partial charge < -0.3 is 4.74 Å². The van der Waals surface area contributed by atoms with Crippen LogP contribution in [0.15, 0.2) is 3.92 Å². The van der Waals surface area contributed by atoms with E-state index in [-0.39, 0.29) is 0 Å². The Morgan fingerprint density at radius 2 is 2.46 bits per heavy atom. The van der Waals surface area contributed by atoms with Crippen LogP contribution in [0, 0.1) is 6.92 Å². The number of nitrogens with zero attached hydrogens (tertiary/aromatic N) is 1. The number of aromatic nitrogens is 1. The third-order valence-corrected chi connectivity index (χ3v) is 3.79. The van der Waals surface area contributed by atoms with E-state index in [4.69, 9.17) is 4.74 Å². The van der Waals surface area contributed by atoms with E-state index in [0.717, 1.165) is 17.1 Å². The molecule has 72 valence electrons. The minimum atomic E-state index is 0.524. The Bertz CT molecular complexity index is 294. The first-order valence-electron chi connectivity index (χ1n) is 4.48. The molecule has 0 radical (unpaired) electrons. The van der Waals surface area contributed by atoms with Gasteiger partial charge in [-0.05, 0) is 35.7 Å². The molecule has 0 N–H and O–H groups in total. The SMILES string of the molecule is Cc1sc(Br)nc1C1CCCOC1. The topological polar surface area (TPSA) is 22.1 Å². The van der Waals surface area contributed by atoms with E-state index in [1.807, 2.05) is 0 Å². The fourth-order valence-electron chi connectivity index (χ4n) is 1.71. The Balaban J connectivity index is 2.18. The van der Waals surface area contributed by atoms with Crippen LogP contribution in [0.3, 0.4) is 0 Å². The number of hydrogen-bond donors (Lipinski definition) is 0. The van der Waals surface area contributed by atoms with Crippen LogP contribution in [-0.4, -0.2) is 18.2 Å². The molecular formula is C9H12BrNOS. The average Bonchev–Trinajstić information content (AvgIpc) is 2.47. The van der Waals surface area contributed by atoms with Crippen LogP contribution in [0.5, 0.6) is 0 Å². The minimum absolute atomic E-state index is 0.524. The highest BCUT2D eigenvalue weighted by molar-refractivity contribution is 9.11. The molecule has 1 aromatic heterocycles. The van der Waals surface area contributed by atoms with E-state index in [0.29, 0.717) is 5.92 Å². The summed E-state index contributed by atoms with van der Waals surface area (Å²) in [6, 6.07) is 0. The van der Waals surface area contributed by atoms with Crippen LogP contribution in [0.2, 0.25) is 0 Å². The first kappa shape index (κ1) is 9.62. The predicted molar refractivity (Wildman–Crippen MR) is 57.3 cm³/mol. The van der Waals surface area contributed by atoms with Gasteiger partial charge in [-0.1, -0.05) is 0 Å². The lowest BCUT2D eigenvalue weighted by atomic mass is 9.98. The fraction of sp³-hybridized carbons (Fsp3) is 0.667. The highest BCUT2D eigenvalue weighted by atomic mass is 79.9. The van der Waals surface area contributed by atoms with Crippen LogP contribution < -0.4 is 0 Å². The number of hydrogen-bond acceptors (Lipinski definition) is 3. The summed E-state index contributed by atoms with van der Waals surface area (Å²) in [7, 11) is 0. The number of ether oxygens (including phenoxy) is 1. The van der Waals surface area contributed by atoms with Gasteiger partial charge in [-0.2, -0.15) is 0 Å². The van der Waals surface area contributed by atoms with E-state index < -0.39 is 0 Å². The van der Waals surface area contributed by atoms with E-state index in [2.05, 4.69) is 27.8 Å². The second-order valence-corrected chi connectivity index (χ2v) is 5.80. The second-order valence-electron chi connectivity index (χ2n) is 3.32. The largest absolute Gasteiger partial charge is 0.381 e. The third kappa shape index (κ3) is 2.11. The van der Waals surface area contributed by atoms with Crippen molar-refractivity contribution in [3.05, 3.63) is 14.5 Å². The predicted octanol–water partition coefficient (Wildman–Crippen LogP) is 3.11. The van der Waals surface area contributed by atoms with Crippen LogP contribution in [0.4, 0.5) is 0 Å². The van der Waals surface area contributed by atoms with Gasteiger partial charge in [0.25, 0.3) is 0 Å². The van der Waals surface area contributed by atoms with Crippen molar-refractivity contribution in [2.24, 2.45) is 0 Å². The zero-order valence-electron chi connectivity index (χ0n) is 7.55. The molecule has 1 unspecified atom stereocenters. The molecule has 1 fully saturated rings. The van der Waals surface area contributed by atoms with Crippen molar-refractivity contribution in [3.63, 3.8) is 0 Å². The molecule has 2 rings (SSSR count). The van der Waals surface area contributed by atoms with Crippen molar-refractivity contribution in [3.8, 4) is 0 Å². The van der Waals surface area contributed by atoms with E-state index in [1.54, 1.807) is 11.3 Å². The summed E-state index contributed by atoms with van der Waals surface area (Å²) in [6.45, 7) is 3.89. The number of rotatable bonds is 1. The molecular weight excluding hydrogens is 250 g/mol. The summed E-state index contributed by atoms with van der Waals surface area (Å²) in [6.07, 6.45) is 2.39. The molecule has 1 aliphatic rings. The van der Waals surface area contributed by atoms with Crippen LogP contribution in [-0.2, 0) is 4.74 Å². The van der Waals surface area contributed by atoms with Gasteiger partial charge in [-0.15, -0.1) is 11.3 Å². The minimum Gasteiger partial charge on any atom is -0.381 e. The molecule has 1 aliphatic heterocycles. The monoisotopic (exact) mass is 261 g/mol. The number of aryl methyl sites for hydroxylation is 1. The van der Waals surface area contributed by atoms with Gasteiger partial charge in [0.2, 0.25) is 0 Å². The van der Waals surface area contributed by atoms with Gasteiger partial charge in [-0.25, -0.2) is 4.98 Å². The van der Waals surface area contributed by atoms with Crippen molar-refractivity contribution < 1.29 is 4.74 Å². The van der Waals surface area contributed by atoms with E-state index in [1.165, 1.54) is 23.4 Å². The Hall–Kier alpha value is 0.0700. The third-order valence-electron chi connectivity index (χ3n) is 2.35. The van der Waals surface area contributed by atoms with Crippen molar-refractivity contribution in [1.29, 1.82) is 0 Å². The molecule has 13 heavy (non-hydrogen) atoms. The van der Waals surface area contributed by atoms with E-state index in [9.17, 15) is 0 Å². The van der Waals surface area contributed by atoms with Gasteiger partial charge in [0.15, 0.2) is 3.92 Å². The maximum atomic E-state index is 5.45.